The van der Waals surface area contributed by atoms with Crippen molar-refractivity contribution >= 4 is 0 Å². The van der Waals surface area contributed by atoms with Crippen molar-refractivity contribution in [3.05, 3.63) is 12.7 Å². The standard InChI is InChI=1S/C10H21N/c1-6-8-10(7-2)9(3)11(4)5/h6,9-10H,1,7-8H2,2-5H3. The highest BCUT2D eigenvalue weighted by Gasteiger charge is 2.14. The van der Waals surface area contributed by atoms with Crippen LogP contribution in [0.25, 0.3) is 0 Å². The molecule has 1 nitrogen and oxygen atoms in total. The van der Waals surface area contributed by atoms with Gasteiger partial charge in [-0.05, 0) is 33.4 Å². The molecular formula is C10H21N. The van der Waals surface area contributed by atoms with E-state index in [1.807, 2.05) is 6.08 Å². The van der Waals surface area contributed by atoms with Gasteiger partial charge in [-0.1, -0.05) is 19.4 Å². The number of nitrogens with zero attached hydrogens (tertiary/aromatic N) is 1. The van der Waals surface area contributed by atoms with E-state index < -0.39 is 0 Å². The van der Waals surface area contributed by atoms with Crippen LogP contribution in [0.1, 0.15) is 26.7 Å². The molecule has 2 unspecified atom stereocenters. The van der Waals surface area contributed by atoms with E-state index in [2.05, 4.69) is 39.4 Å². The van der Waals surface area contributed by atoms with E-state index in [4.69, 9.17) is 0 Å². The SMILES string of the molecule is C=CCC(CC)C(C)N(C)C. The van der Waals surface area contributed by atoms with E-state index >= 15 is 0 Å². The van der Waals surface area contributed by atoms with E-state index in [-0.39, 0.29) is 0 Å². The lowest BCUT2D eigenvalue weighted by molar-refractivity contribution is 0.223. The zero-order valence-corrected chi connectivity index (χ0v) is 8.30. The summed E-state index contributed by atoms with van der Waals surface area (Å²) >= 11 is 0. The topological polar surface area (TPSA) is 3.24 Å². The molecule has 0 aliphatic carbocycles. The predicted molar refractivity (Wildman–Crippen MR) is 51.7 cm³/mol. The highest BCUT2D eigenvalue weighted by Crippen LogP contribution is 2.16. The molecule has 0 aromatic rings. The molecule has 0 heterocycles. The van der Waals surface area contributed by atoms with Crippen LogP contribution in [0.4, 0.5) is 0 Å². The van der Waals surface area contributed by atoms with Crippen molar-refractivity contribution in [3.63, 3.8) is 0 Å². The van der Waals surface area contributed by atoms with E-state index in [0.29, 0.717) is 6.04 Å². The summed E-state index contributed by atoms with van der Waals surface area (Å²) in [5.41, 5.74) is 0. The highest BCUT2D eigenvalue weighted by atomic mass is 15.1. The monoisotopic (exact) mass is 155 g/mol. The fourth-order valence-corrected chi connectivity index (χ4v) is 1.34. The Kier molecular flexibility index (Phi) is 5.22. The van der Waals surface area contributed by atoms with Crippen LogP contribution in [0.15, 0.2) is 12.7 Å². The van der Waals surface area contributed by atoms with Crippen molar-refractivity contribution < 1.29 is 0 Å². The molecule has 0 saturated carbocycles. The third-order valence-electron chi connectivity index (χ3n) is 2.49. The summed E-state index contributed by atoms with van der Waals surface area (Å²) in [7, 11) is 4.27. The lowest BCUT2D eigenvalue weighted by Crippen LogP contribution is -2.31. The molecule has 1 heteroatoms. The van der Waals surface area contributed by atoms with Crippen LogP contribution in [0, 0.1) is 5.92 Å². The summed E-state index contributed by atoms with van der Waals surface area (Å²) in [5, 5.41) is 0. The summed E-state index contributed by atoms with van der Waals surface area (Å²) in [5.74, 6) is 0.766. The molecule has 0 aromatic heterocycles. The van der Waals surface area contributed by atoms with Crippen LogP contribution in [-0.2, 0) is 0 Å². The minimum absolute atomic E-state index is 0.665. The second kappa shape index (κ2) is 5.36. The van der Waals surface area contributed by atoms with Gasteiger partial charge in [0.25, 0.3) is 0 Å². The molecule has 0 N–H and O–H groups in total. The minimum atomic E-state index is 0.665. The van der Waals surface area contributed by atoms with Crippen molar-refractivity contribution in [2.45, 2.75) is 32.7 Å². The lowest BCUT2D eigenvalue weighted by Gasteiger charge is -2.27. The van der Waals surface area contributed by atoms with Crippen molar-refractivity contribution in [1.82, 2.24) is 4.90 Å². The smallest absolute Gasteiger partial charge is 0.00919 e. The number of hydrogen-bond donors (Lipinski definition) is 0. The molecule has 2 atom stereocenters. The molecular weight excluding hydrogens is 134 g/mol. The Morgan fingerprint density at radius 1 is 1.45 bits per heavy atom. The van der Waals surface area contributed by atoms with E-state index in [1.54, 1.807) is 0 Å². The predicted octanol–water partition coefficient (Wildman–Crippen LogP) is 2.54. The fraction of sp³-hybridized carbons (Fsp3) is 0.800. The maximum absolute atomic E-state index is 3.77. The van der Waals surface area contributed by atoms with Crippen LogP contribution < -0.4 is 0 Å². The molecule has 0 fully saturated rings. The molecule has 0 saturated heterocycles. The maximum Gasteiger partial charge on any atom is 0.00919 e. The number of rotatable bonds is 5. The van der Waals surface area contributed by atoms with Crippen molar-refractivity contribution in [2.75, 3.05) is 14.1 Å². The molecule has 11 heavy (non-hydrogen) atoms. The van der Waals surface area contributed by atoms with Gasteiger partial charge in [0.05, 0.1) is 0 Å². The molecule has 0 aliphatic rings. The van der Waals surface area contributed by atoms with Gasteiger partial charge < -0.3 is 4.90 Å². The van der Waals surface area contributed by atoms with Crippen molar-refractivity contribution in [3.8, 4) is 0 Å². The first-order chi connectivity index (χ1) is 5.13. The average molecular weight is 155 g/mol. The number of allylic oxidation sites excluding steroid dienone is 1. The highest BCUT2D eigenvalue weighted by molar-refractivity contribution is 4.78. The van der Waals surface area contributed by atoms with Gasteiger partial charge in [0, 0.05) is 6.04 Å². The van der Waals surface area contributed by atoms with Crippen LogP contribution >= 0.6 is 0 Å². The van der Waals surface area contributed by atoms with Gasteiger partial charge in [0.15, 0.2) is 0 Å². The Morgan fingerprint density at radius 2 is 2.00 bits per heavy atom. The quantitative estimate of drug-likeness (QED) is 0.551. The van der Waals surface area contributed by atoms with E-state index in [0.717, 1.165) is 12.3 Å². The molecule has 0 radical (unpaired) electrons. The van der Waals surface area contributed by atoms with Gasteiger partial charge in [-0.25, -0.2) is 0 Å². The molecule has 0 bridgehead atoms. The first-order valence-corrected chi connectivity index (χ1v) is 4.40. The first-order valence-electron chi connectivity index (χ1n) is 4.40. The Balaban J connectivity index is 3.90. The third-order valence-corrected chi connectivity index (χ3v) is 2.49. The fourth-order valence-electron chi connectivity index (χ4n) is 1.34. The Labute approximate surface area is 71.1 Å². The third kappa shape index (κ3) is 3.57. The largest absolute Gasteiger partial charge is 0.306 e. The molecule has 0 aromatic carbocycles. The van der Waals surface area contributed by atoms with Gasteiger partial charge in [-0.15, -0.1) is 6.58 Å². The molecule has 0 rings (SSSR count). The van der Waals surface area contributed by atoms with Crippen LogP contribution in [0.3, 0.4) is 0 Å². The molecule has 0 spiro atoms. The Hall–Kier alpha value is -0.300. The first kappa shape index (κ1) is 10.7. The van der Waals surface area contributed by atoms with Crippen molar-refractivity contribution in [2.24, 2.45) is 5.92 Å². The summed E-state index contributed by atoms with van der Waals surface area (Å²) in [6, 6.07) is 0.665. The lowest BCUT2D eigenvalue weighted by atomic mass is 9.94. The van der Waals surface area contributed by atoms with Crippen LogP contribution in [-0.4, -0.2) is 25.0 Å². The Morgan fingerprint density at radius 3 is 2.27 bits per heavy atom. The number of hydrogen-bond acceptors (Lipinski definition) is 1. The van der Waals surface area contributed by atoms with Gasteiger partial charge in [0.1, 0.15) is 0 Å². The second-order valence-corrected chi connectivity index (χ2v) is 3.40. The normalized spacial score (nSPS) is 16.5. The summed E-state index contributed by atoms with van der Waals surface area (Å²) in [6.07, 6.45) is 4.40. The van der Waals surface area contributed by atoms with E-state index in [9.17, 15) is 0 Å². The molecule has 66 valence electrons. The van der Waals surface area contributed by atoms with Crippen LogP contribution in [0.2, 0.25) is 0 Å². The summed E-state index contributed by atoms with van der Waals surface area (Å²) in [6.45, 7) is 8.29. The van der Waals surface area contributed by atoms with Gasteiger partial charge in [-0.3, -0.25) is 0 Å². The van der Waals surface area contributed by atoms with Gasteiger partial charge in [0.2, 0.25) is 0 Å². The minimum Gasteiger partial charge on any atom is -0.306 e. The Bertz CT molecular complexity index is 107. The van der Waals surface area contributed by atoms with Crippen LogP contribution in [0.5, 0.6) is 0 Å². The second-order valence-electron chi connectivity index (χ2n) is 3.40. The zero-order chi connectivity index (χ0) is 8.85. The average Bonchev–Trinajstić information content (AvgIpc) is 1.98. The summed E-state index contributed by atoms with van der Waals surface area (Å²) < 4.78 is 0. The molecule has 0 aliphatic heterocycles. The van der Waals surface area contributed by atoms with Crippen molar-refractivity contribution in [1.29, 1.82) is 0 Å². The molecule has 0 amide bonds. The summed E-state index contributed by atoms with van der Waals surface area (Å²) in [4.78, 5) is 2.28. The van der Waals surface area contributed by atoms with Gasteiger partial charge >= 0.3 is 0 Å². The van der Waals surface area contributed by atoms with E-state index in [1.165, 1.54) is 6.42 Å². The zero-order valence-electron chi connectivity index (χ0n) is 8.30. The maximum atomic E-state index is 3.77. The van der Waals surface area contributed by atoms with Gasteiger partial charge in [-0.2, -0.15) is 0 Å².